The van der Waals surface area contributed by atoms with Gasteiger partial charge in [-0.05, 0) is 48.7 Å². The molecular weight excluding hydrogens is 315 g/mol. The highest BCUT2D eigenvalue weighted by molar-refractivity contribution is 6.30. The lowest BCUT2D eigenvalue weighted by Crippen LogP contribution is -2.11. The number of carbonyl (C=O) groups excluding carboxylic acids is 1. The number of amides is 1. The van der Waals surface area contributed by atoms with Gasteiger partial charge >= 0.3 is 0 Å². The Hall–Kier alpha value is -2.07. The standard InChI is InChI=1S/C18H20ClFN2O/c1-3-4-18(23)22-17-8-5-13(9-12(17)2)11-21-14-6-7-15(19)16(20)10-14/h5-10,21H,3-4,11H2,1-2H3,(H,22,23). The largest absolute Gasteiger partial charge is 0.381 e. The van der Waals surface area contributed by atoms with Crippen LogP contribution < -0.4 is 10.6 Å². The van der Waals surface area contributed by atoms with Gasteiger partial charge in [-0.25, -0.2) is 4.39 Å². The molecule has 2 aromatic rings. The quantitative estimate of drug-likeness (QED) is 0.768. The Bertz CT molecular complexity index is 703. The highest BCUT2D eigenvalue weighted by atomic mass is 35.5. The molecule has 0 aromatic heterocycles. The molecule has 23 heavy (non-hydrogen) atoms. The normalized spacial score (nSPS) is 10.4. The van der Waals surface area contributed by atoms with Crippen LogP contribution >= 0.6 is 11.6 Å². The lowest BCUT2D eigenvalue weighted by molar-refractivity contribution is -0.116. The Labute approximate surface area is 140 Å². The van der Waals surface area contributed by atoms with Crippen molar-refractivity contribution in [2.75, 3.05) is 10.6 Å². The average Bonchev–Trinajstić information content (AvgIpc) is 2.51. The zero-order valence-corrected chi connectivity index (χ0v) is 14.0. The maximum absolute atomic E-state index is 13.4. The Balaban J connectivity index is 1.99. The van der Waals surface area contributed by atoms with Gasteiger partial charge in [-0.3, -0.25) is 4.79 Å². The van der Waals surface area contributed by atoms with E-state index in [-0.39, 0.29) is 10.9 Å². The van der Waals surface area contributed by atoms with Crippen molar-refractivity contribution in [2.24, 2.45) is 0 Å². The molecule has 0 aliphatic rings. The van der Waals surface area contributed by atoms with E-state index in [0.717, 1.165) is 23.2 Å². The molecule has 122 valence electrons. The van der Waals surface area contributed by atoms with Crippen LogP contribution in [0, 0.1) is 12.7 Å². The second-order valence-corrected chi connectivity index (χ2v) is 5.84. The first kappa shape index (κ1) is 17.3. The molecule has 0 aliphatic carbocycles. The van der Waals surface area contributed by atoms with Crippen molar-refractivity contribution in [2.45, 2.75) is 33.2 Å². The Morgan fingerprint density at radius 3 is 2.65 bits per heavy atom. The summed E-state index contributed by atoms with van der Waals surface area (Å²) in [5.41, 5.74) is 3.54. The molecule has 2 N–H and O–H groups in total. The fourth-order valence-corrected chi connectivity index (χ4v) is 2.34. The van der Waals surface area contributed by atoms with Crippen LogP contribution in [-0.4, -0.2) is 5.91 Å². The number of halogens is 2. The van der Waals surface area contributed by atoms with Crippen LogP contribution in [0.4, 0.5) is 15.8 Å². The van der Waals surface area contributed by atoms with E-state index in [1.54, 1.807) is 6.07 Å². The molecule has 0 saturated carbocycles. The maximum atomic E-state index is 13.4. The SMILES string of the molecule is CCCC(=O)Nc1ccc(CNc2ccc(Cl)c(F)c2)cc1C. The molecule has 0 spiro atoms. The predicted octanol–water partition coefficient (Wildman–Crippen LogP) is 5.14. The molecule has 0 aliphatic heterocycles. The van der Waals surface area contributed by atoms with Gasteiger partial charge in [0.2, 0.25) is 5.91 Å². The molecular formula is C18H20ClFN2O. The number of aryl methyl sites for hydroxylation is 1. The minimum absolute atomic E-state index is 0.0260. The zero-order chi connectivity index (χ0) is 16.8. The van der Waals surface area contributed by atoms with Crippen LogP contribution in [-0.2, 0) is 11.3 Å². The molecule has 0 bridgehead atoms. The van der Waals surface area contributed by atoms with E-state index in [9.17, 15) is 9.18 Å². The van der Waals surface area contributed by atoms with Gasteiger partial charge in [0.15, 0.2) is 0 Å². The number of carbonyl (C=O) groups is 1. The van der Waals surface area contributed by atoms with E-state index in [2.05, 4.69) is 10.6 Å². The third-order valence-corrected chi connectivity index (χ3v) is 3.76. The highest BCUT2D eigenvalue weighted by Gasteiger charge is 2.05. The number of anilines is 2. The Morgan fingerprint density at radius 2 is 2.00 bits per heavy atom. The van der Waals surface area contributed by atoms with Crippen molar-refractivity contribution in [3.63, 3.8) is 0 Å². The van der Waals surface area contributed by atoms with Crippen LogP contribution in [0.3, 0.4) is 0 Å². The van der Waals surface area contributed by atoms with Crippen molar-refractivity contribution in [3.05, 3.63) is 58.4 Å². The molecule has 0 unspecified atom stereocenters. The molecule has 3 nitrogen and oxygen atoms in total. The Morgan fingerprint density at radius 1 is 1.22 bits per heavy atom. The first-order chi connectivity index (χ1) is 11.0. The number of hydrogen-bond acceptors (Lipinski definition) is 2. The van der Waals surface area contributed by atoms with Crippen molar-refractivity contribution >= 4 is 28.9 Å². The van der Waals surface area contributed by atoms with Gasteiger partial charge in [-0.2, -0.15) is 0 Å². The van der Waals surface area contributed by atoms with E-state index >= 15 is 0 Å². The van der Waals surface area contributed by atoms with Crippen molar-refractivity contribution in [1.82, 2.24) is 0 Å². The first-order valence-electron chi connectivity index (χ1n) is 7.58. The van der Waals surface area contributed by atoms with Crippen molar-refractivity contribution < 1.29 is 9.18 Å². The van der Waals surface area contributed by atoms with Gasteiger partial charge < -0.3 is 10.6 Å². The highest BCUT2D eigenvalue weighted by Crippen LogP contribution is 2.21. The minimum Gasteiger partial charge on any atom is -0.381 e. The molecule has 1 amide bonds. The van der Waals surface area contributed by atoms with Crippen LogP contribution in [0.5, 0.6) is 0 Å². The molecule has 0 saturated heterocycles. The molecule has 0 heterocycles. The van der Waals surface area contributed by atoms with Crippen LogP contribution in [0.1, 0.15) is 30.9 Å². The summed E-state index contributed by atoms with van der Waals surface area (Å²) in [6.45, 7) is 4.49. The molecule has 5 heteroatoms. The van der Waals surface area contributed by atoms with Gasteiger partial charge in [-0.15, -0.1) is 0 Å². The van der Waals surface area contributed by atoms with E-state index < -0.39 is 5.82 Å². The summed E-state index contributed by atoms with van der Waals surface area (Å²) in [7, 11) is 0. The van der Waals surface area contributed by atoms with E-state index in [4.69, 9.17) is 11.6 Å². The van der Waals surface area contributed by atoms with Crippen molar-refractivity contribution in [1.29, 1.82) is 0 Å². The summed E-state index contributed by atoms with van der Waals surface area (Å²) < 4.78 is 13.4. The van der Waals surface area contributed by atoms with E-state index in [1.165, 1.54) is 12.1 Å². The average molecular weight is 335 g/mol. The summed E-state index contributed by atoms with van der Waals surface area (Å²) in [5, 5.41) is 6.16. The van der Waals surface area contributed by atoms with Gasteiger partial charge in [0, 0.05) is 24.3 Å². The van der Waals surface area contributed by atoms with Crippen LogP contribution in [0.25, 0.3) is 0 Å². The van der Waals surface area contributed by atoms with E-state index in [0.29, 0.717) is 18.7 Å². The predicted molar refractivity (Wildman–Crippen MR) is 93.5 cm³/mol. The van der Waals surface area contributed by atoms with Crippen LogP contribution in [0.15, 0.2) is 36.4 Å². The third-order valence-electron chi connectivity index (χ3n) is 3.46. The second-order valence-electron chi connectivity index (χ2n) is 5.43. The molecule has 2 aromatic carbocycles. The van der Waals surface area contributed by atoms with Gasteiger partial charge in [-0.1, -0.05) is 30.7 Å². The number of nitrogens with one attached hydrogen (secondary N) is 2. The first-order valence-corrected chi connectivity index (χ1v) is 7.95. The Kier molecular flexibility index (Phi) is 5.99. The summed E-state index contributed by atoms with van der Waals surface area (Å²) in [4.78, 5) is 11.6. The van der Waals surface area contributed by atoms with Gasteiger partial charge in [0.05, 0.1) is 5.02 Å². The smallest absolute Gasteiger partial charge is 0.224 e. The number of hydrogen-bond donors (Lipinski definition) is 2. The van der Waals surface area contributed by atoms with E-state index in [1.807, 2.05) is 32.0 Å². The summed E-state index contributed by atoms with van der Waals surface area (Å²) >= 11 is 5.66. The fourth-order valence-electron chi connectivity index (χ4n) is 2.23. The minimum atomic E-state index is -0.443. The lowest BCUT2D eigenvalue weighted by Gasteiger charge is -2.11. The summed E-state index contributed by atoms with van der Waals surface area (Å²) in [6.07, 6.45) is 1.34. The molecule has 0 fully saturated rings. The fraction of sp³-hybridized carbons (Fsp3) is 0.278. The van der Waals surface area contributed by atoms with Gasteiger partial charge in [0.25, 0.3) is 0 Å². The van der Waals surface area contributed by atoms with Gasteiger partial charge in [0.1, 0.15) is 5.82 Å². The number of rotatable bonds is 6. The third kappa shape index (κ3) is 4.96. The topological polar surface area (TPSA) is 41.1 Å². The zero-order valence-electron chi connectivity index (χ0n) is 13.2. The summed E-state index contributed by atoms with van der Waals surface area (Å²) in [6, 6.07) is 10.5. The maximum Gasteiger partial charge on any atom is 0.224 e. The monoisotopic (exact) mass is 334 g/mol. The molecule has 0 atom stereocenters. The lowest BCUT2D eigenvalue weighted by atomic mass is 10.1. The molecule has 0 radical (unpaired) electrons. The second kappa shape index (κ2) is 7.97. The van der Waals surface area contributed by atoms with Crippen LogP contribution in [0.2, 0.25) is 5.02 Å². The molecule has 2 rings (SSSR count). The summed E-state index contributed by atoms with van der Waals surface area (Å²) in [5.74, 6) is -0.417. The number of benzene rings is 2. The van der Waals surface area contributed by atoms with Crippen molar-refractivity contribution in [3.8, 4) is 0 Å².